The van der Waals surface area contributed by atoms with Crippen molar-refractivity contribution in [2.24, 2.45) is 0 Å². The molecule has 1 rings (SSSR count). The van der Waals surface area contributed by atoms with Crippen LogP contribution in [0.25, 0.3) is 0 Å². The predicted molar refractivity (Wildman–Crippen MR) is 31.0 cm³/mol. The average molecular weight is 170 g/mol. The molecule has 6 heteroatoms. The van der Waals surface area contributed by atoms with Crippen LogP contribution < -0.4 is 0 Å². The van der Waals surface area contributed by atoms with Crippen LogP contribution in [0, 0.1) is 0 Å². The molecule has 0 aromatic heterocycles. The fraction of sp³-hybridized carbons (Fsp3) is 0.167. The first kappa shape index (κ1) is 8.41. The second kappa shape index (κ2) is 2.42. The highest BCUT2D eigenvalue weighted by atomic mass is 16.3. The lowest BCUT2D eigenvalue weighted by atomic mass is 9.92. The van der Waals surface area contributed by atoms with Crippen LogP contribution in [0.2, 0.25) is 0 Å². The van der Waals surface area contributed by atoms with E-state index in [0.717, 1.165) is 0 Å². The first-order valence-corrected chi connectivity index (χ1v) is 2.86. The normalized spacial score (nSPS) is 20.6. The monoisotopic (exact) mass is 170 g/mol. The van der Waals surface area contributed by atoms with Crippen molar-refractivity contribution >= 4 is 28.9 Å². The summed E-state index contributed by atoms with van der Waals surface area (Å²) in [6.07, 6.45) is -2.29. The van der Waals surface area contributed by atoms with Gasteiger partial charge >= 0.3 is 0 Å². The van der Waals surface area contributed by atoms with Gasteiger partial charge in [0.1, 0.15) is 0 Å². The first-order chi connectivity index (χ1) is 5.46. The Labute approximate surface area is 65.2 Å². The SMILES string of the molecule is O=C1C(=O)C(=O)C(O)C(=O)C1=O. The summed E-state index contributed by atoms with van der Waals surface area (Å²) in [4.78, 5) is 52.4. The van der Waals surface area contributed by atoms with Crippen molar-refractivity contribution in [1.29, 1.82) is 0 Å². The van der Waals surface area contributed by atoms with Crippen molar-refractivity contribution in [2.45, 2.75) is 6.10 Å². The summed E-state index contributed by atoms with van der Waals surface area (Å²) in [5.74, 6) is -8.01. The molecule has 0 radical (unpaired) electrons. The van der Waals surface area contributed by atoms with E-state index < -0.39 is 35.0 Å². The predicted octanol–water partition coefficient (Wildman–Crippen LogP) is -2.79. The van der Waals surface area contributed by atoms with Gasteiger partial charge in [-0.05, 0) is 0 Å². The molecule has 12 heavy (non-hydrogen) atoms. The van der Waals surface area contributed by atoms with E-state index in [1.54, 1.807) is 0 Å². The number of carbonyl (C=O) groups excluding carboxylic acids is 5. The molecule has 0 aliphatic heterocycles. The summed E-state index contributed by atoms with van der Waals surface area (Å²) >= 11 is 0. The van der Waals surface area contributed by atoms with Crippen LogP contribution in [0.4, 0.5) is 0 Å². The molecule has 1 aliphatic carbocycles. The molecule has 1 aliphatic rings. The minimum Gasteiger partial charge on any atom is -0.377 e. The van der Waals surface area contributed by atoms with Crippen LogP contribution in [0.3, 0.4) is 0 Å². The van der Waals surface area contributed by atoms with Gasteiger partial charge in [-0.3, -0.25) is 24.0 Å². The summed E-state index contributed by atoms with van der Waals surface area (Å²) in [5, 5.41) is 8.61. The van der Waals surface area contributed by atoms with E-state index in [-0.39, 0.29) is 0 Å². The van der Waals surface area contributed by atoms with Crippen molar-refractivity contribution in [3.05, 3.63) is 0 Å². The van der Waals surface area contributed by atoms with Crippen LogP contribution in [-0.4, -0.2) is 40.1 Å². The van der Waals surface area contributed by atoms with Gasteiger partial charge in [-0.25, -0.2) is 0 Å². The summed E-state index contributed by atoms with van der Waals surface area (Å²) in [7, 11) is 0. The number of aliphatic hydroxyl groups is 1. The second-order valence-corrected chi connectivity index (χ2v) is 2.12. The third-order valence-corrected chi connectivity index (χ3v) is 1.36. The zero-order chi connectivity index (χ0) is 9.46. The van der Waals surface area contributed by atoms with Gasteiger partial charge in [-0.15, -0.1) is 0 Å². The second-order valence-electron chi connectivity index (χ2n) is 2.12. The van der Waals surface area contributed by atoms with E-state index in [0.29, 0.717) is 0 Å². The van der Waals surface area contributed by atoms with E-state index in [4.69, 9.17) is 5.11 Å². The Hall–Kier alpha value is -1.69. The van der Waals surface area contributed by atoms with Crippen molar-refractivity contribution in [3.63, 3.8) is 0 Å². The quantitative estimate of drug-likeness (QED) is 0.311. The molecular formula is C6H2O6. The lowest BCUT2D eigenvalue weighted by molar-refractivity contribution is -0.160. The Morgan fingerprint density at radius 3 is 1.42 bits per heavy atom. The topological polar surface area (TPSA) is 106 Å². The van der Waals surface area contributed by atoms with Gasteiger partial charge in [-0.1, -0.05) is 0 Å². The van der Waals surface area contributed by atoms with E-state index in [1.165, 1.54) is 0 Å². The minimum atomic E-state index is -2.29. The number of ketones is 5. The largest absolute Gasteiger partial charge is 0.377 e. The van der Waals surface area contributed by atoms with E-state index in [2.05, 4.69) is 0 Å². The molecule has 1 fully saturated rings. The summed E-state index contributed by atoms with van der Waals surface area (Å²) in [6, 6.07) is 0. The number of hydrogen-bond donors (Lipinski definition) is 1. The van der Waals surface area contributed by atoms with Gasteiger partial charge in [0, 0.05) is 0 Å². The Morgan fingerprint density at radius 2 is 1.08 bits per heavy atom. The van der Waals surface area contributed by atoms with E-state index in [1.807, 2.05) is 0 Å². The smallest absolute Gasteiger partial charge is 0.280 e. The van der Waals surface area contributed by atoms with Crippen LogP contribution in [0.1, 0.15) is 0 Å². The fourth-order valence-electron chi connectivity index (χ4n) is 0.694. The maximum atomic E-state index is 10.5. The molecule has 1 saturated carbocycles. The molecule has 0 atom stereocenters. The minimum absolute atomic E-state index is 1.54. The molecular weight excluding hydrogens is 168 g/mol. The number of aliphatic hydroxyl groups excluding tert-OH is 1. The van der Waals surface area contributed by atoms with Gasteiger partial charge in [0.2, 0.25) is 11.6 Å². The Morgan fingerprint density at radius 1 is 0.750 bits per heavy atom. The van der Waals surface area contributed by atoms with Crippen molar-refractivity contribution < 1.29 is 29.1 Å². The standard InChI is InChI=1S/C6H2O6/c7-1-2(8)4(10)6(12)5(11)3(1)9/h1,7H. The highest BCUT2D eigenvalue weighted by Crippen LogP contribution is 2.01. The number of hydrogen-bond acceptors (Lipinski definition) is 6. The zero-order valence-electron chi connectivity index (χ0n) is 5.57. The van der Waals surface area contributed by atoms with Gasteiger partial charge in [0.15, 0.2) is 6.10 Å². The van der Waals surface area contributed by atoms with Gasteiger partial charge in [-0.2, -0.15) is 0 Å². The molecule has 0 heterocycles. The molecule has 62 valence electrons. The lowest BCUT2D eigenvalue weighted by Gasteiger charge is -2.09. The van der Waals surface area contributed by atoms with Crippen molar-refractivity contribution in [3.8, 4) is 0 Å². The first-order valence-electron chi connectivity index (χ1n) is 2.86. The summed E-state index contributed by atoms with van der Waals surface area (Å²) in [6.45, 7) is 0. The molecule has 1 N–H and O–H groups in total. The summed E-state index contributed by atoms with van der Waals surface area (Å²) < 4.78 is 0. The Bertz CT molecular complexity index is 295. The molecule has 0 saturated heterocycles. The maximum Gasteiger partial charge on any atom is 0.280 e. The third-order valence-electron chi connectivity index (χ3n) is 1.36. The zero-order valence-corrected chi connectivity index (χ0v) is 5.57. The van der Waals surface area contributed by atoms with E-state index >= 15 is 0 Å². The molecule has 0 amide bonds. The van der Waals surface area contributed by atoms with Crippen molar-refractivity contribution in [1.82, 2.24) is 0 Å². The fourth-order valence-corrected chi connectivity index (χ4v) is 0.694. The molecule has 6 nitrogen and oxygen atoms in total. The van der Waals surface area contributed by atoms with Gasteiger partial charge < -0.3 is 5.11 Å². The van der Waals surface area contributed by atoms with Crippen LogP contribution in [0.15, 0.2) is 0 Å². The van der Waals surface area contributed by atoms with Gasteiger partial charge in [0.25, 0.3) is 17.3 Å². The molecule has 0 unspecified atom stereocenters. The van der Waals surface area contributed by atoms with Crippen LogP contribution in [0.5, 0.6) is 0 Å². The van der Waals surface area contributed by atoms with Crippen molar-refractivity contribution in [2.75, 3.05) is 0 Å². The highest BCUT2D eigenvalue weighted by molar-refractivity contribution is 6.92. The number of Topliss-reactive ketones (excluding diaryl/α,β-unsaturated/α-hetero) is 5. The third kappa shape index (κ3) is 0.892. The molecule has 0 spiro atoms. The maximum absolute atomic E-state index is 10.5. The van der Waals surface area contributed by atoms with Crippen LogP contribution >= 0.6 is 0 Å². The number of carbonyl (C=O) groups is 5. The summed E-state index contributed by atoms with van der Waals surface area (Å²) in [5.41, 5.74) is 0. The molecule has 0 aromatic carbocycles. The Kier molecular flexibility index (Phi) is 1.69. The average Bonchev–Trinajstić information content (AvgIpc) is 2.08. The van der Waals surface area contributed by atoms with Gasteiger partial charge in [0.05, 0.1) is 0 Å². The molecule has 0 aromatic rings. The van der Waals surface area contributed by atoms with Crippen LogP contribution in [-0.2, 0) is 24.0 Å². The number of rotatable bonds is 0. The Balaban J connectivity index is 3.16. The van der Waals surface area contributed by atoms with E-state index in [9.17, 15) is 24.0 Å². The lowest BCUT2D eigenvalue weighted by Crippen LogP contribution is -2.52. The molecule has 0 bridgehead atoms. The highest BCUT2D eigenvalue weighted by Gasteiger charge is 2.47.